The van der Waals surface area contributed by atoms with E-state index in [0.29, 0.717) is 45.4 Å². The predicted octanol–water partition coefficient (Wildman–Crippen LogP) is 1.42. The molecule has 0 aromatic carbocycles. The van der Waals surface area contributed by atoms with Gasteiger partial charge in [0, 0.05) is 24.7 Å². The number of carbonyl (C=O) groups is 3. The van der Waals surface area contributed by atoms with Gasteiger partial charge in [-0.2, -0.15) is 0 Å². The van der Waals surface area contributed by atoms with Crippen LogP contribution in [0.25, 0.3) is 0 Å². The average molecular weight is 339 g/mol. The summed E-state index contributed by atoms with van der Waals surface area (Å²) in [4.78, 5) is 38.3. The molecular weight excluding hydrogens is 310 g/mol. The van der Waals surface area contributed by atoms with E-state index in [1.54, 1.807) is 11.8 Å². The van der Waals surface area contributed by atoms with Gasteiger partial charge in [-0.25, -0.2) is 4.79 Å². The second-order valence-corrected chi connectivity index (χ2v) is 7.72. The van der Waals surface area contributed by atoms with Gasteiger partial charge in [0.25, 0.3) is 0 Å². The highest BCUT2D eigenvalue weighted by molar-refractivity contribution is 6.08. The summed E-state index contributed by atoms with van der Waals surface area (Å²) < 4.78 is 4.99. The van der Waals surface area contributed by atoms with Crippen LogP contribution in [0.15, 0.2) is 0 Å². The van der Waals surface area contributed by atoms with Gasteiger partial charge in [0.2, 0.25) is 11.8 Å². The molecule has 2 aliphatic rings. The van der Waals surface area contributed by atoms with E-state index in [0.717, 1.165) is 0 Å². The molecule has 3 amide bonds. The van der Waals surface area contributed by atoms with Crippen LogP contribution in [0.3, 0.4) is 0 Å². The summed E-state index contributed by atoms with van der Waals surface area (Å²) in [5.74, 6) is -0.365. The van der Waals surface area contributed by atoms with Crippen LogP contribution >= 0.6 is 0 Å². The molecule has 1 aliphatic carbocycles. The van der Waals surface area contributed by atoms with E-state index >= 15 is 0 Å². The molecule has 136 valence electrons. The van der Waals surface area contributed by atoms with Crippen molar-refractivity contribution in [1.82, 2.24) is 15.5 Å². The summed E-state index contributed by atoms with van der Waals surface area (Å²) in [5.41, 5.74) is -1.25. The molecule has 24 heavy (non-hydrogen) atoms. The van der Waals surface area contributed by atoms with Crippen molar-refractivity contribution in [3.05, 3.63) is 0 Å². The molecule has 7 heteroatoms. The van der Waals surface area contributed by atoms with Gasteiger partial charge in [-0.1, -0.05) is 0 Å². The van der Waals surface area contributed by atoms with Gasteiger partial charge in [0.1, 0.15) is 5.41 Å². The number of ether oxygens (including phenoxy) is 1. The first kappa shape index (κ1) is 18.5. The number of likely N-dealkylation sites (tertiary alicyclic amines) is 1. The zero-order valence-corrected chi connectivity index (χ0v) is 15.1. The number of piperidine rings is 1. The maximum Gasteiger partial charge on any atom is 0.409 e. The first-order valence-corrected chi connectivity index (χ1v) is 8.73. The van der Waals surface area contributed by atoms with Crippen LogP contribution in [0.2, 0.25) is 0 Å². The van der Waals surface area contributed by atoms with E-state index < -0.39 is 5.41 Å². The van der Waals surface area contributed by atoms with Crippen molar-refractivity contribution in [2.45, 2.75) is 65.0 Å². The zero-order valence-electron chi connectivity index (χ0n) is 15.1. The van der Waals surface area contributed by atoms with Crippen LogP contribution < -0.4 is 10.6 Å². The summed E-state index contributed by atoms with van der Waals surface area (Å²) in [6.45, 7) is 8.98. The Morgan fingerprint density at radius 3 is 2.17 bits per heavy atom. The molecule has 0 aromatic rings. The maximum atomic E-state index is 12.6. The van der Waals surface area contributed by atoms with Crippen molar-refractivity contribution in [2.75, 3.05) is 19.7 Å². The van der Waals surface area contributed by atoms with Gasteiger partial charge in [-0.15, -0.1) is 0 Å². The first-order valence-electron chi connectivity index (χ1n) is 8.73. The monoisotopic (exact) mass is 339 g/mol. The highest BCUT2D eigenvalue weighted by Crippen LogP contribution is 2.46. The molecular formula is C17H29N3O4. The van der Waals surface area contributed by atoms with Crippen LogP contribution in [0.1, 0.15) is 53.4 Å². The Bertz CT molecular complexity index is 500. The summed E-state index contributed by atoms with van der Waals surface area (Å²) in [6.07, 6.45) is 2.26. The minimum atomic E-state index is -0.897. The molecule has 0 atom stereocenters. The fourth-order valence-electron chi connectivity index (χ4n) is 2.89. The lowest BCUT2D eigenvalue weighted by atomic mass is 9.99. The Morgan fingerprint density at radius 2 is 1.71 bits per heavy atom. The number of hydrogen-bond donors (Lipinski definition) is 2. The number of carbonyl (C=O) groups excluding carboxylic acids is 3. The van der Waals surface area contributed by atoms with Crippen LogP contribution in [-0.4, -0.2) is 54.1 Å². The average Bonchev–Trinajstić information content (AvgIpc) is 3.28. The highest BCUT2D eigenvalue weighted by Gasteiger charge is 2.57. The number of nitrogens with one attached hydrogen (secondary N) is 2. The lowest BCUT2D eigenvalue weighted by Crippen LogP contribution is -2.53. The molecule has 7 nitrogen and oxygen atoms in total. The van der Waals surface area contributed by atoms with Crippen molar-refractivity contribution >= 4 is 17.9 Å². The third-order valence-electron chi connectivity index (χ3n) is 4.46. The Balaban J connectivity index is 1.83. The number of amides is 3. The van der Waals surface area contributed by atoms with Crippen molar-refractivity contribution in [3.8, 4) is 0 Å². The van der Waals surface area contributed by atoms with Crippen LogP contribution in [-0.2, 0) is 14.3 Å². The molecule has 1 saturated heterocycles. The second kappa shape index (κ2) is 6.99. The van der Waals surface area contributed by atoms with E-state index in [1.165, 1.54) is 0 Å². The second-order valence-electron chi connectivity index (χ2n) is 7.72. The maximum absolute atomic E-state index is 12.6. The molecule has 0 spiro atoms. The normalized spacial score (nSPS) is 20.2. The minimum Gasteiger partial charge on any atom is -0.450 e. The van der Waals surface area contributed by atoms with E-state index in [-0.39, 0.29) is 29.5 Å². The van der Waals surface area contributed by atoms with Gasteiger partial charge in [0.15, 0.2) is 0 Å². The molecule has 0 unspecified atom stereocenters. The highest BCUT2D eigenvalue weighted by atomic mass is 16.6. The summed E-state index contributed by atoms with van der Waals surface area (Å²) >= 11 is 0. The predicted molar refractivity (Wildman–Crippen MR) is 89.3 cm³/mol. The Morgan fingerprint density at radius 1 is 1.12 bits per heavy atom. The van der Waals surface area contributed by atoms with Crippen molar-refractivity contribution in [3.63, 3.8) is 0 Å². The van der Waals surface area contributed by atoms with Crippen molar-refractivity contribution in [1.29, 1.82) is 0 Å². The minimum absolute atomic E-state index is 0.00286. The first-order chi connectivity index (χ1) is 11.2. The van der Waals surface area contributed by atoms with Crippen LogP contribution in [0, 0.1) is 5.41 Å². The summed E-state index contributed by atoms with van der Waals surface area (Å²) in [5, 5.41) is 5.91. The number of rotatable bonds is 4. The zero-order chi connectivity index (χ0) is 18.0. The van der Waals surface area contributed by atoms with Gasteiger partial charge in [-0.05, 0) is 53.4 Å². The third kappa shape index (κ3) is 4.39. The van der Waals surface area contributed by atoms with Crippen molar-refractivity contribution in [2.24, 2.45) is 5.41 Å². The van der Waals surface area contributed by atoms with Gasteiger partial charge < -0.3 is 20.3 Å². The Labute approximate surface area is 143 Å². The van der Waals surface area contributed by atoms with E-state index in [4.69, 9.17) is 4.74 Å². The topological polar surface area (TPSA) is 87.7 Å². The van der Waals surface area contributed by atoms with Gasteiger partial charge in [-0.3, -0.25) is 9.59 Å². The van der Waals surface area contributed by atoms with E-state index in [9.17, 15) is 14.4 Å². The lowest BCUT2D eigenvalue weighted by molar-refractivity contribution is -0.138. The fourth-order valence-corrected chi connectivity index (χ4v) is 2.89. The van der Waals surface area contributed by atoms with Gasteiger partial charge in [0.05, 0.1) is 6.61 Å². The molecule has 0 bridgehead atoms. The lowest BCUT2D eigenvalue weighted by Gasteiger charge is -2.32. The van der Waals surface area contributed by atoms with Crippen molar-refractivity contribution < 1.29 is 19.1 Å². The number of hydrogen-bond acceptors (Lipinski definition) is 4. The molecule has 0 aromatic heterocycles. The molecule has 1 saturated carbocycles. The number of nitrogens with zero attached hydrogens (tertiary/aromatic N) is 1. The smallest absolute Gasteiger partial charge is 0.409 e. The summed E-state index contributed by atoms with van der Waals surface area (Å²) in [7, 11) is 0. The SMILES string of the molecule is CCOC(=O)N1CCC(NC(=O)C2(C(=O)NC(C)(C)C)CC2)CC1. The molecule has 0 radical (unpaired) electrons. The molecule has 1 aliphatic heterocycles. The van der Waals surface area contributed by atoms with E-state index in [1.807, 2.05) is 20.8 Å². The Kier molecular flexibility index (Phi) is 5.40. The van der Waals surface area contributed by atoms with Crippen LogP contribution in [0.5, 0.6) is 0 Å². The van der Waals surface area contributed by atoms with Crippen LogP contribution in [0.4, 0.5) is 4.79 Å². The molecule has 1 heterocycles. The van der Waals surface area contributed by atoms with E-state index in [2.05, 4.69) is 10.6 Å². The standard InChI is InChI=1S/C17H29N3O4/c1-5-24-15(23)20-10-6-12(7-11-20)18-13(21)17(8-9-17)14(22)19-16(2,3)4/h12H,5-11H2,1-4H3,(H,18,21)(H,19,22). The largest absolute Gasteiger partial charge is 0.450 e. The quantitative estimate of drug-likeness (QED) is 0.758. The molecule has 2 N–H and O–H groups in total. The third-order valence-corrected chi connectivity index (χ3v) is 4.46. The van der Waals surface area contributed by atoms with Gasteiger partial charge >= 0.3 is 6.09 Å². The fraction of sp³-hybridized carbons (Fsp3) is 0.824. The molecule has 2 rings (SSSR count). The Hall–Kier alpha value is -1.79. The summed E-state index contributed by atoms with van der Waals surface area (Å²) in [6, 6.07) is 0.00286. The molecule has 2 fully saturated rings.